The average Bonchev–Trinajstić information content (AvgIpc) is 3.65. The number of aromatic amines is 1. The maximum atomic E-state index is 6.50. The minimum absolute atomic E-state index is 0.333. The van der Waals surface area contributed by atoms with Crippen LogP contribution >= 0.6 is 0 Å². The molecule has 3 aliphatic rings. The molecule has 9 heteroatoms. The Balaban J connectivity index is 0.000000970. The molecule has 2 saturated heterocycles. The van der Waals surface area contributed by atoms with E-state index in [2.05, 4.69) is 77.2 Å². The summed E-state index contributed by atoms with van der Waals surface area (Å²) in [6, 6.07) is 8.38. The molecule has 266 valence electrons. The molecular weight excluding hydrogens is 602 g/mol. The Hall–Kier alpha value is -3.53. The number of allylic oxidation sites excluding steroid dienone is 5. The number of unbranched alkanes of at least 4 members (excludes halogenated alkanes) is 2. The van der Waals surface area contributed by atoms with Crippen molar-refractivity contribution in [1.82, 2.24) is 15.2 Å². The Bertz CT molecular complexity index is 1400. The number of nitrogens with two attached hydrogens (primary N) is 1. The van der Waals surface area contributed by atoms with Gasteiger partial charge in [-0.1, -0.05) is 33.3 Å². The van der Waals surface area contributed by atoms with E-state index >= 15 is 0 Å². The van der Waals surface area contributed by atoms with E-state index in [0.29, 0.717) is 38.1 Å². The summed E-state index contributed by atoms with van der Waals surface area (Å²) in [5, 5.41) is 4.56. The third-order valence-electron chi connectivity index (χ3n) is 8.60. The largest absolute Gasteiger partial charge is 0.494 e. The number of hydrogen-bond acceptors (Lipinski definition) is 8. The summed E-state index contributed by atoms with van der Waals surface area (Å²) in [5.41, 5.74) is 9.74. The van der Waals surface area contributed by atoms with Gasteiger partial charge in [0.25, 0.3) is 0 Å². The van der Waals surface area contributed by atoms with Gasteiger partial charge in [-0.15, -0.1) is 0 Å². The van der Waals surface area contributed by atoms with Crippen molar-refractivity contribution in [2.45, 2.75) is 79.6 Å². The van der Waals surface area contributed by atoms with E-state index in [0.717, 1.165) is 96.3 Å². The highest BCUT2D eigenvalue weighted by Crippen LogP contribution is 2.37. The molecule has 2 aromatic rings. The molecule has 9 nitrogen and oxygen atoms in total. The van der Waals surface area contributed by atoms with Crippen molar-refractivity contribution in [1.29, 1.82) is 0 Å². The molecule has 0 atom stereocenters. The maximum Gasteiger partial charge on any atom is 0.157 e. The van der Waals surface area contributed by atoms with E-state index < -0.39 is 0 Å². The van der Waals surface area contributed by atoms with E-state index in [9.17, 15) is 0 Å². The van der Waals surface area contributed by atoms with Gasteiger partial charge in [-0.3, -0.25) is 4.99 Å². The molecule has 1 spiro atoms. The monoisotopic (exact) mass is 663 g/mol. The van der Waals surface area contributed by atoms with Crippen LogP contribution in [0.5, 0.6) is 5.75 Å². The second-order valence-electron chi connectivity index (χ2n) is 12.4. The second-order valence-corrected chi connectivity index (χ2v) is 12.4. The van der Waals surface area contributed by atoms with Crippen molar-refractivity contribution in [3.05, 3.63) is 76.7 Å². The SMILES string of the molecule is C=NCN.CC.CCCC=C(CC1=CC(OCC)=C(OCCCCN2CCC3(COC3)C2)CC=C1NC)Oc1ccc2[nH]c(C)cc2c1. The molecule has 2 aliphatic heterocycles. The number of benzene rings is 1. The van der Waals surface area contributed by atoms with E-state index in [1.54, 1.807) is 0 Å². The first-order chi connectivity index (χ1) is 23.4. The van der Waals surface area contributed by atoms with Crippen LogP contribution in [0, 0.1) is 12.3 Å². The van der Waals surface area contributed by atoms with Crippen molar-refractivity contribution in [2.24, 2.45) is 16.1 Å². The van der Waals surface area contributed by atoms with Crippen LogP contribution in [0.4, 0.5) is 0 Å². The van der Waals surface area contributed by atoms with Gasteiger partial charge in [0, 0.05) is 54.1 Å². The maximum absolute atomic E-state index is 6.50. The van der Waals surface area contributed by atoms with Crippen molar-refractivity contribution in [2.75, 3.05) is 59.8 Å². The van der Waals surface area contributed by atoms with Gasteiger partial charge in [-0.05, 0) is 101 Å². The number of rotatable bonds is 16. The molecular formula is C39H61N5O4. The predicted molar refractivity (Wildman–Crippen MR) is 199 cm³/mol. The topological polar surface area (TPSA) is 106 Å². The Morgan fingerprint density at radius 3 is 2.62 bits per heavy atom. The summed E-state index contributed by atoms with van der Waals surface area (Å²) in [6.07, 6.45) is 13.4. The van der Waals surface area contributed by atoms with Gasteiger partial charge in [0.15, 0.2) is 5.76 Å². The molecule has 0 saturated carbocycles. The molecule has 0 bridgehead atoms. The molecule has 3 heterocycles. The normalized spacial score (nSPS) is 17.3. The number of likely N-dealkylation sites (tertiary alicyclic amines) is 1. The Morgan fingerprint density at radius 1 is 1.19 bits per heavy atom. The summed E-state index contributed by atoms with van der Waals surface area (Å²) in [4.78, 5) is 9.25. The number of nitrogens with one attached hydrogen (secondary N) is 2. The van der Waals surface area contributed by atoms with Crippen molar-refractivity contribution < 1.29 is 18.9 Å². The Labute approximate surface area is 289 Å². The van der Waals surface area contributed by atoms with Crippen LogP contribution in [0.1, 0.15) is 78.3 Å². The zero-order valence-electron chi connectivity index (χ0n) is 30.5. The highest BCUT2D eigenvalue weighted by atomic mass is 16.5. The van der Waals surface area contributed by atoms with Gasteiger partial charge < -0.3 is 39.9 Å². The number of aryl methyl sites for hydroxylation is 1. The van der Waals surface area contributed by atoms with Crippen molar-refractivity contribution in [3.63, 3.8) is 0 Å². The van der Waals surface area contributed by atoms with Crippen LogP contribution in [0.25, 0.3) is 10.9 Å². The summed E-state index contributed by atoms with van der Waals surface area (Å²) in [6.45, 7) is 20.5. The lowest BCUT2D eigenvalue weighted by Gasteiger charge is -2.37. The molecule has 1 aliphatic carbocycles. The molecule has 0 unspecified atom stereocenters. The highest BCUT2D eigenvalue weighted by Gasteiger charge is 2.43. The van der Waals surface area contributed by atoms with E-state index in [4.69, 9.17) is 24.7 Å². The second kappa shape index (κ2) is 20.8. The van der Waals surface area contributed by atoms with Crippen LogP contribution in [-0.2, 0) is 14.2 Å². The fourth-order valence-corrected chi connectivity index (χ4v) is 6.15. The van der Waals surface area contributed by atoms with E-state index in [1.165, 1.54) is 19.5 Å². The number of ether oxygens (including phenoxy) is 4. The molecule has 2 fully saturated rings. The number of aromatic nitrogens is 1. The van der Waals surface area contributed by atoms with Gasteiger partial charge in [-0.25, -0.2) is 0 Å². The summed E-state index contributed by atoms with van der Waals surface area (Å²) >= 11 is 0. The first-order valence-corrected chi connectivity index (χ1v) is 17.9. The smallest absolute Gasteiger partial charge is 0.157 e. The van der Waals surface area contributed by atoms with Crippen LogP contribution < -0.4 is 15.8 Å². The molecule has 5 rings (SSSR count). The van der Waals surface area contributed by atoms with Gasteiger partial charge in [0.05, 0.1) is 33.1 Å². The van der Waals surface area contributed by atoms with Gasteiger partial charge >= 0.3 is 0 Å². The minimum atomic E-state index is 0.333. The fourth-order valence-electron chi connectivity index (χ4n) is 6.15. The minimum Gasteiger partial charge on any atom is -0.494 e. The lowest BCUT2D eigenvalue weighted by Crippen LogP contribution is -2.44. The predicted octanol–water partition coefficient (Wildman–Crippen LogP) is 7.76. The van der Waals surface area contributed by atoms with Crippen LogP contribution in [0.2, 0.25) is 0 Å². The number of H-pyrrole nitrogens is 1. The Morgan fingerprint density at radius 2 is 1.98 bits per heavy atom. The number of aliphatic imine (C=N–C) groups is 1. The quantitative estimate of drug-likeness (QED) is 0.0958. The number of fused-ring (bicyclic) bond motifs is 1. The molecule has 4 N–H and O–H groups in total. The lowest BCUT2D eigenvalue weighted by atomic mass is 9.85. The first kappa shape index (κ1) is 38.9. The first-order valence-electron chi connectivity index (χ1n) is 17.9. The van der Waals surface area contributed by atoms with E-state index in [1.807, 2.05) is 33.9 Å². The highest BCUT2D eigenvalue weighted by molar-refractivity contribution is 5.81. The molecule has 0 radical (unpaired) electrons. The third-order valence-corrected chi connectivity index (χ3v) is 8.60. The third kappa shape index (κ3) is 11.6. The van der Waals surface area contributed by atoms with Crippen LogP contribution in [-0.4, -0.2) is 76.4 Å². The summed E-state index contributed by atoms with van der Waals surface area (Å²) in [5.74, 6) is 3.51. The van der Waals surface area contributed by atoms with Crippen LogP contribution in [0.3, 0.4) is 0 Å². The van der Waals surface area contributed by atoms with E-state index in [-0.39, 0.29) is 0 Å². The average molecular weight is 664 g/mol. The van der Waals surface area contributed by atoms with Gasteiger partial charge in [0.1, 0.15) is 17.3 Å². The standard InChI is InChI=1S/C35H49N3O4.C2H6N2.C2H6/c1-5-7-10-29(42-30-11-12-32-27(20-30)19-26(3)37-32)21-28-22-34(40-6-2)33(14-13-31(28)36-4)41-18-9-8-16-38-17-15-35(23-38)24-39-25-35;1-4-2-3;1-2/h10-13,19-20,22,36-37H,5-9,14-18,21,23-25H2,1-4H3;1-3H2;1-2H3. The number of hydrogen-bond donors (Lipinski definition) is 3. The van der Waals surface area contributed by atoms with Crippen molar-refractivity contribution >= 4 is 17.6 Å². The lowest BCUT2D eigenvalue weighted by molar-refractivity contribution is -0.104. The van der Waals surface area contributed by atoms with Crippen molar-refractivity contribution in [3.8, 4) is 5.75 Å². The summed E-state index contributed by atoms with van der Waals surface area (Å²) in [7, 11) is 1.97. The molecule has 0 amide bonds. The molecule has 1 aromatic heterocycles. The Kier molecular flexibility index (Phi) is 16.8. The number of likely N-dealkylation sites (N-methyl/N-ethyl adjacent to an activating group) is 1. The fraction of sp³-hybridized carbons (Fsp3) is 0.564. The number of nitrogens with zero attached hydrogens (tertiary/aromatic N) is 2. The van der Waals surface area contributed by atoms with Crippen LogP contribution in [0.15, 0.2) is 76.0 Å². The molecule has 48 heavy (non-hydrogen) atoms. The zero-order chi connectivity index (χ0) is 34.8. The molecule has 1 aromatic carbocycles. The zero-order valence-corrected chi connectivity index (χ0v) is 30.5. The van der Waals surface area contributed by atoms with Gasteiger partial charge in [-0.2, -0.15) is 0 Å². The summed E-state index contributed by atoms with van der Waals surface area (Å²) < 4.78 is 24.5. The van der Waals surface area contributed by atoms with Gasteiger partial charge in [0.2, 0.25) is 0 Å².